The number of allylic oxidation sites excluding steroid dienone is 1. The fraction of sp³-hybridized carbons (Fsp3) is 0.571. The summed E-state index contributed by atoms with van der Waals surface area (Å²) in [6, 6.07) is 8.75. The quantitative estimate of drug-likeness (QED) is 0.555. The van der Waals surface area contributed by atoms with Crippen molar-refractivity contribution < 1.29 is 9.53 Å². The van der Waals surface area contributed by atoms with E-state index in [1.165, 1.54) is 30.4 Å². The Morgan fingerprint density at radius 2 is 1.87 bits per heavy atom. The molecule has 1 unspecified atom stereocenters. The number of aryl methyl sites for hydroxylation is 1. The van der Waals surface area contributed by atoms with E-state index in [2.05, 4.69) is 38.1 Å². The van der Waals surface area contributed by atoms with Crippen molar-refractivity contribution in [2.24, 2.45) is 0 Å². The van der Waals surface area contributed by atoms with Gasteiger partial charge in [0.15, 0.2) is 0 Å². The zero-order chi connectivity index (χ0) is 17.3. The van der Waals surface area contributed by atoms with Gasteiger partial charge < -0.3 is 4.74 Å². The summed E-state index contributed by atoms with van der Waals surface area (Å²) in [5, 5.41) is 0. The normalized spacial score (nSPS) is 22.2. The lowest BCUT2D eigenvalue weighted by molar-refractivity contribution is -0.149. The molecule has 2 heteroatoms. The fourth-order valence-corrected chi connectivity index (χ4v) is 3.56. The van der Waals surface area contributed by atoms with E-state index >= 15 is 0 Å². The minimum atomic E-state index is -0.444. The van der Waals surface area contributed by atoms with Gasteiger partial charge in [0, 0.05) is 5.57 Å². The van der Waals surface area contributed by atoms with Gasteiger partial charge in [0.25, 0.3) is 0 Å². The first-order chi connectivity index (χ1) is 10.6. The van der Waals surface area contributed by atoms with Crippen molar-refractivity contribution in [3.63, 3.8) is 0 Å². The van der Waals surface area contributed by atoms with Crippen LogP contribution in [0.4, 0.5) is 0 Å². The molecule has 1 aliphatic carbocycles. The van der Waals surface area contributed by atoms with E-state index in [0.29, 0.717) is 0 Å². The van der Waals surface area contributed by atoms with Crippen LogP contribution in [0.25, 0.3) is 0 Å². The first-order valence-electron chi connectivity index (χ1n) is 8.60. The molecule has 23 heavy (non-hydrogen) atoms. The third kappa shape index (κ3) is 4.25. The molecule has 2 rings (SSSR count). The maximum absolute atomic E-state index is 12.3. The third-order valence-electron chi connectivity index (χ3n) is 4.84. The van der Waals surface area contributed by atoms with Crippen LogP contribution < -0.4 is 0 Å². The molecule has 1 aliphatic rings. The van der Waals surface area contributed by atoms with Gasteiger partial charge >= 0.3 is 5.97 Å². The molecule has 1 aromatic carbocycles. The van der Waals surface area contributed by atoms with Gasteiger partial charge in [-0.05, 0) is 76.8 Å². The summed E-state index contributed by atoms with van der Waals surface area (Å²) in [7, 11) is 0. The number of fused-ring (bicyclic) bond motifs is 1. The van der Waals surface area contributed by atoms with Crippen LogP contribution in [0, 0.1) is 0 Å². The minimum Gasteiger partial charge on any atom is -0.457 e. The Labute approximate surface area is 140 Å². The monoisotopic (exact) mass is 314 g/mol. The summed E-state index contributed by atoms with van der Waals surface area (Å²) in [5.41, 5.74) is 4.47. The van der Waals surface area contributed by atoms with Crippen LogP contribution in [0.15, 0.2) is 35.4 Å². The van der Waals surface area contributed by atoms with Crippen molar-refractivity contribution in [3.8, 4) is 0 Å². The molecule has 0 fully saturated rings. The molecule has 1 aromatic rings. The Hall–Kier alpha value is -1.57. The molecule has 0 saturated carbocycles. The van der Waals surface area contributed by atoms with Crippen molar-refractivity contribution in [2.75, 3.05) is 0 Å². The van der Waals surface area contributed by atoms with Crippen molar-refractivity contribution in [1.29, 1.82) is 0 Å². The van der Waals surface area contributed by atoms with Crippen LogP contribution in [-0.2, 0) is 21.4 Å². The second kappa shape index (κ2) is 6.51. The zero-order valence-electron chi connectivity index (χ0n) is 15.5. The van der Waals surface area contributed by atoms with Gasteiger partial charge in [-0.25, -0.2) is 4.79 Å². The first-order valence-corrected chi connectivity index (χ1v) is 8.60. The van der Waals surface area contributed by atoms with E-state index in [4.69, 9.17) is 4.74 Å². The van der Waals surface area contributed by atoms with E-state index in [0.717, 1.165) is 17.6 Å². The molecule has 0 radical (unpaired) electrons. The predicted octanol–water partition coefficient (Wildman–Crippen LogP) is 5.35. The summed E-state index contributed by atoms with van der Waals surface area (Å²) in [4.78, 5) is 12.3. The Kier molecular flexibility index (Phi) is 5.03. The molecule has 0 aromatic heterocycles. The summed E-state index contributed by atoms with van der Waals surface area (Å²) >= 11 is 0. The van der Waals surface area contributed by atoms with Gasteiger partial charge in [-0.15, -0.1) is 0 Å². The van der Waals surface area contributed by atoms with Gasteiger partial charge in [-0.3, -0.25) is 0 Å². The summed E-state index contributed by atoms with van der Waals surface area (Å²) in [6.07, 6.45) is 4.46. The molecular formula is C21H30O2. The average molecular weight is 314 g/mol. The number of hydrogen-bond acceptors (Lipinski definition) is 2. The van der Waals surface area contributed by atoms with E-state index in [1.807, 2.05) is 27.7 Å². The number of carbonyl (C=O) groups excluding carboxylic acids is 1. The molecular weight excluding hydrogens is 284 g/mol. The first kappa shape index (κ1) is 17.8. The zero-order valence-corrected chi connectivity index (χ0v) is 15.5. The number of carbonyl (C=O) groups is 1. The highest BCUT2D eigenvalue weighted by molar-refractivity contribution is 5.88. The molecule has 0 N–H and O–H groups in total. The number of benzene rings is 1. The van der Waals surface area contributed by atoms with Crippen molar-refractivity contribution >= 4 is 5.97 Å². The molecule has 126 valence electrons. The van der Waals surface area contributed by atoms with Gasteiger partial charge in [0.2, 0.25) is 0 Å². The maximum atomic E-state index is 12.3. The molecule has 0 spiro atoms. The van der Waals surface area contributed by atoms with Gasteiger partial charge in [-0.1, -0.05) is 36.8 Å². The second-order valence-electron chi connectivity index (χ2n) is 8.16. The van der Waals surface area contributed by atoms with Crippen LogP contribution >= 0.6 is 0 Å². The van der Waals surface area contributed by atoms with E-state index in [9.17, 15) is 4.79 Å². The average Bonchev–Trinajstić information content (AvgIpc) is 2.45. The van der Waals surface area contributed by atoms with Crippen LogP contribution in [0.1, 0.15) is 71.9 Å². The number of hydrogen-bond donors (Lipinski definition) is 0. The molecule has 0 bridgehead atoms. The lowest BCUT2D eigenvalue weighted by atomic mass is 9.68. The van der Waals surface area contributed by atoms with E-state index < -0.39 is 5.60 Å². The van der Waals surface area contributed by atoms with Crippen molar-refractivity contribution in [3.05, 3.63) is 46.5 Å². The minimum absolute atomic E-state index is 0.113. The van der Waals surface area contributed by atoms with Gasteiger partial charge in [0.05, 0.1) is 0 Å². The molecule has 0 aliphatic heterocycles. The second-order valence-corrected chi connectivity index (χ2v) is 8.16. The maximum Gasteiger partial charge on any atom is 0.334 e. The third-order valence-corrected chi connectivity index (χ3v) is 4.84. The molecule has 0 saturated heterocycles. The predicted molar refractivity (Wildman–Crippen MR) is 95.6 cm³/mol. The Balaban J connectivity index is 2.24. The largest absolute Gasteiger partial charge is 0.457 e. The molecule has 1 atom stereocenters. The highest BCUT2D eigenvalue weighted by atomic mass is 16.6. The molecule has 0 amide bonds. The SMILES string of the molecule is CC(CC1(C)CCCc2ccccc21)=C(C)C(=O)OC(C)(C)C. The lowest BCUT2D eigenvalue weighted by Crippen LogP contribution is -2.29. The summed E-state index contributed by atoms with van der Waals surface area (Å²) < 4.78 is 5.52. The topological polar surface area (TPSA) is 26.3 Å². The highest BCUT2D eigenvalue weighted by Crippen LogP contribution is 2.41. The van der Waals surface area contributed by atoms with Crippen molar-refractivity contribution in [2.45, 2.75) is 78.2 Å². The molecule has 2 nitrogen and oxygen atoms in total. The van der Waals surface area contributed by atoms with Gasteiger partial charge in [0.1, 0.15) is 5.60 Å². The van der Waals surface area contributed by atoms with Crippen LogP contribution in [-0.4, -0.2) is 11.6 Å². The highest BCUT2D eigenvalue weighted by Gasteiger charge is 2.32. The fourth-order valence-electron chi connectivity index (χ4n) is 3.56. The number of esters is 1. The standard InChI is InChI=1S/C21H30O2/c1-15(16(2)19(22)23-20(3,4)5)14-21(6)13-9-11-17-10-7-8-12-18(17)21/h7-8,10,12H,9,11,13-14H2,1-6H3. The Morgan fingerprint density at radius 3 is 2.52 bits per heavy atom. The molecule has 0 heterocycles. The Bertz CT molecular complexity index is 619. The summed E-state index contributed by atoms with van der Waals surface area (Å²) in [6.45, 7) is 12.0. The lowest BCUT2D eigenvalue weighted by Gasteiger charge is -2.37. The van der Waals surface area contributed by atoms with E-state index in [-0.39, 0.29) is 11.4 Å². The van der Waals surface area contributed by atoms with Crippen LogP contribution in [0.2, 0.25) is 0 Å². The van der Waals surface area contributed by atoms with E-state index in [1.54, 1.807) is 0 Å². The smallest absolute Gasteiger partial charge is 0.334 e. The van der Waals surface area contributed by atoms with Crippen molar-refractivity contribution in [1.82, 2.24) is 0 Å². The Morgan fingerprint density at radius 1 is 1.22 bits per heavy atom. The van der Waals surface area contributed by atoms with Gasteiger partial charge in [-0.2, -0.15) is 0 Å². The summed E-state index contributed by atoms with van der Waals surface area (Å²) in [5.74, 6) is -0.192. The van der Waals surface area contributed by atoms with Crippen LogP contribution in [0.5, 0.6) is 0 Å². The number of rotatable bonds is 3. The van der Waals surface area contributed by atoms with Crippen LogP contribution in [0.3, 0.4) is 0 Å². The number of ether oxygens (including phenoxy) is 1.